The zero-order chi connectivity index (χ0) is 12.8. The van der Waals surface area contributed by atoms with Crippen molar-refractivity contribution in [3.8, 4) is 0 Å². The summed E-state index contributed by atoms with van der Waals surface area (Å²) in [6, 6.07) is 8.15. The van der Waals surface area contributed by atoms with Crippen LogP contribution in [0.15, 0.2) is 24.3 Å². The highest BCUT2D eigenvalue weighted by atomic mass is 32.2. The van der Waals surface area contributed by atoms with Gasteiger partial charge in [0.1, 0.15) is 0 Å². The van der Waals surface area contributed by atoms with E-state index < -0.39 is 0 Å². The third-order valence-corrected chi connectivity index (χ3v) is 4.91. The summed E-state index contributed by atoms with van der Waals surface area (Å²) in [6.45, 7) is 2.17. The first kappa shape index (κ1) is 13.7. The number of rotatable bonds is 6. The van der Waals surface area contributed by atoms with Crippen LogP contribution in [0.3, 0.4) is 0 Å². The van der Waals surface area contributed by atoms with Crippen molar-refractivity contribution in [2.24, 2.45) is 0 Å². The van der Waals surface area contributed by atoms with Gasteiger partial charge in [0.15, 0.2) is 5.78 Å². The average molecular weight is 262 g/mol. The van der Waals surface area contributed by atoms with Gasteiger partial charge in [-0.05, 0) is 30.9 Å². The standard InChI is InChI=1S/C16H22OS/c1-2-6-13-7-5-8-14(11-13)16(17)12-18-15-9-3-4-10-15/h5,7-8,11,15H,2-4,6,9-10,12H2,1H3. The molecule has 0 atom stereocenters. The van der Waals surface area contributed by atoms with Crippen LogP contribution in [-0.2, 0) is 6.42 Å². The van der Waals surface area contributed by atoms with Gasteiger partial charge < -0.3 is 0 Å². The minimum atomic E-state index is 0.296. The van der Waals surface area contributed by atoms with Crippen molar-refractivity contribution in [1.82, 2.24) is 0 Å². The number of carbonyl (C=O) groups excluding carboxylic acids is 1. The predicted octanol–water partition coefficient (Wildman–Crippen LogP) is 4.50. The van der Waals surface area contributed by atoms with Crippen molar-refractivity contribution in [2.75, 3.05) is 5.75 Å². The Morgan fingerprint density at radius 2 is 2.11 bits per heavy atom. The maximum atomic E-state index is 12.1. The number of ketones is 1. The van der Waals surface area contributed by atoms with E-state index in [9.17, 15) is 4.79 Å². The molecule has 0 amide bonds. The van der Waals surface area contributed by atoms with Crippen LogP contribution in [0.2, 0.25) is 0 Å². The highest BCUT2D eigenvalue weighted by Gasteiger charge is 2.17. The van der Waals surface area contributed by atoms with E-state index in [4.69, 9.17) is 0 Å². The van der Waals surface area contributed by atoms with Crippen molar-refractivity contribution in [3.05, 3.63) is 35.4 Å². The minimum Gasteiger partial charge on any atom is -0.293 e. The molecule has 0 aromatic heterocycles. The van der Waals surface area contributed by atoms with Crippen molar-refractivity contribution in [1.29, 1.82) is 0 Å². The summed E-state index contributed by atoms with van der Waals surface area (Å²) in [5.74, 6) is 0.949. The van der Waals surface area contributed by atoms with Crippen molar-refractivity contribution < 1.29 is 4.79 Å². The Kier molecular flexibility index (Phi) is 5.30. The van der Waals surface area contributed by atoms with Crippen LogP contribution in [0.25, 0.3) is 0 Å². The second-order valence-corrected chi connectivity index (χ2v) is 6.38. The molecule has 2 heteroatoms. The fourth-order valence-corrected chi connectivity index (χ4v) is 3.74. The lowest BCUT2D eigenvalue weighted by molar-refractivity contribution is 0.102. The molecule has 0 radical (unpaired) electrons. The van der Waals surface area contributed by atoms with Gasteiger partial charge in [-0.25, -0.2) is 0 Å². The molecule has 1 aliphatic rings. The van der Waals surface area contributed by atoms with Gasteiger partial charge in [0.25, 0.3) is 0 Å². The Balaban J connectivity index is 1.89. The molecule has 0 heterocycles. The molecule has 18 heavy (non-hydrogen) atoms. The van der Waals surface area contributed by atoms with Gasteiger partial charge >= 0.3 is 0 Å². The smallest absolute Gasteiger partial charge is 0.172 e. The highest BCUT2D eigenvalue weighted by molar-refractivity contribution is 8.00. The van der Waals surface area contributed by atoms with Gasteiger partial charge in [-0.3, -0.25) is 4.79 Å². The molecule has 0 bridgehead atoms. The zero-order valence-corrected chi connectivity index (χ0v) is 12.0. The summed E-state index contributed by atoms with van der Waals surface area (Å²) in [7, 11) is 0. The summed E-state index contributed by atoms with van der Waals surface area (Å²) in [6.07, 6.45) is 7.49. The number of thioether (sulfide) groups is 1. The molecule has 1 nitrogen and oxygen atoms in total. The topological polar surface area (TPSA) is 17.1 Å². The quantitative estimate of drug-likeness (QED) is 0.702. The van der Waals surface area contributed by atoms with Crippen LogP contribution < -0.4 is 0 Å². The van der Waals surface area contributed by atoms with E-state index in [0.717, 1.165) is 23.7 Å². The first-order valence-corrected chi connectivity index (χ1v) is 8.08. The van der Waals surface area contributed by atoms with E-state index in [-0.39, 0.29) is 0 Å². The summed E-state index contributed by atoms with van der Waals surface area (Å²) in [5, 5.41) is 0.729. The number of aryl methyl sites for hydroxylation is 1. The normalized spacial score (nSPS) is 16.1. The van der Waals surface area contributed by atoms with Gasteiger partial charge in [0.2, 0.25) is 0 Å². The number of Topliss-reactive ketones (excluding diaryl/α,β-unsaturated/α-hetero) is 1. The molecule has 1 fully saturated rings. The number of hydrogen-bond acceptors (Lipinski definition) is 2. The number of carbonyl (C=O) groups is 1. The summed E-state index contributed by atoms with van der Waals surface area (Å²) < 4.78 is 0. The molecule has 2 rings (SSSR count). The monoisotopic (exact) mass is 262 g/mol. The summed E-state index contributed by atoms with van der Waals surface area (Å²) in [5.41, 5.74) is 2.18. The van der Waals surface area contributed by atoms with Gasteiger partial charge in [-0.2, -0.15) is 11.8 Å². The fourth-order valence-electron chi connectivity index (χ4n) is 2.52. The first-order chi connectivity index (χ1) is 8.79. The number of hydrogen-bond donors (Lipinski definition) is 0. The lowest BCUT2D eigenvalue weighted by atomic mass is 10.1. The van der Waals surface area contributed by atoms with E-state index in [0.29, 0.717) is 11.5 Å². The molecular formula is C16H22OS. The van der Waals surface area contributed by atoms with Crippen LogP contribution in [0.1, 0.15) is 54.9 Å². The summed E-state index contributed by atoms with van der Waals surface area (Å²) >= 11 is 1.86. The van der Waals surface area contributed by atoms with E-state index in [2.05, 4.69) is 19.1 Å². The van der Waals surface area contributed by atoms with Crippen molar-refractivity contribution in [3.63, 3.8) is 0 Å². The molecule has 1 saturated carbocycles. The Bertz CT molecular complexity index is 394. The van der Waals surface area contributed by atoms with Crippen molar-refractivity contribution in [2.45, 2.75) is 50.7 Å². The van der Waals surface area contributed by atoms with Crippen LogP contribution in [0.4, 0.5) is 0 Å². The highest BCUT2D eigenvalue weighted by Crippen LogP contribution is 2.29. The lowest BCUT2D eigenvalue weighted by Crippen LogP contribution is -2.06. The van der Waals surface area contributed by atoms with E-state index >= 15 is 0 Å². The Morgan fingerprint density at radius 3 is 2.83 bits per heavy atom. The van der Waals surface area contributed by atoms with Crippen LogP contribution >= 0.6 is 11.8 Å². The molecule has 0 N–H and O–H groups in total. The second kappa shape index (κ2) is 6.98. The molecule has 0 spiro atoms. The van der Waals surface area contributed by atoms with Gasteiger partial charge in [0, 0.05) is 10.8 Å². The van der Waals surface area contributed by atoms with Crippen LogP contribution in [0, 0.1) is 0 Å². The van der Waals surface area contributed by atoms with Crippen molar-refractivity contribution >= 4 is 17.5 Å². The molecular weight excluding hydrogens is 240 g/mol. The molecule has 0 saturated heterocycles. The molecule has 98 valence electrons. The lowest BCUT2D eigenvalue weighted by Gasteiger charge is -2.08. The second-order valence-electron chi connectivity index (χ2n) is 5.09. The third-order valence-electron chi connectivity index (χ3n) is 3.54. The van der Waals surface area contributed by atoms with Gasteiger partial charge in [-0.15, -0.1) is 0 Å². The molecule has 1 aromatic rings. The number of benzene rings is 1. The van der Waals surface area contributed by atoms with Gasteiger partial charge in [0.05, 0.1) is 5.75 Å². The summed E-state index contributed by atoms with van der Waals surface area (Å²) in [4.78, 5) is 12.1. The van der Waals surface area contributed by atoms with Gasteiger partial charge in [-0.1, -0.05) is 44.4 Å². The maximum absolute atomic E-state index is 12.1. The third kappa shape index (κ3) is 3.88. The minimum absolute atomic E-state index is 0.296. The Labute approximate surface area is 114 Å². The molecule has 1 aromatic carbocycles. The van der Waals surface area contributed by atoms with Crippen LogP contribution in [-0.4, -0.2) is 16.8 Å². The average Bonchev–Trinajstić information content (AvgIpc) is 2.90. The first-order valence-electron chi connectivity index (χ1n) is 7.03. The molecule has 0 unspecified atom stereocenters. The largest absolute Gasteiger partial charge is 0.293 e. The van der Waals surface area contributed by atoms with Crippen LogP contribution in [0.5, 0.6) is 0 Å². The Morgan fingerprint density at radius 1 is 1.33 bits per heavy atom. The zero-order valence-electron chi connectivity index (χ0n) is 11.2. The Hall–Kier alpha value is -0.760. The maximum Gasteiger partial charge on any atom is 0.172 e. The molecule has 1 aliphatic carbocycles. The van der Waals surface area contributed by atoms with E-state index in [1.165, 1.54) is 31.2 Å². The SMILES string of the molecule is CCCc1cccc(C(=O)CSC2CCCC2)c1. The fraction of sp³-hybridized carbons (Fsp3) is 0.562. The predicted molar refractivity (Wildman–Crippen MR) is 79.5 cm³/mol. The molecule has 0 aliphatic heterocycles. The van der Waals surface area contributed by atoms with E-state index in [1.54, 1.807) is 0 Å². The van der Waals surface area contributed by atoms with E-state index in [1.807, 2.05) is 23.9 Å².